The summed E-state index contributed by atoms with van der Waals surface area (Å²) in [5, 5.41) is 11.6. The van der Waals surface area contributed by atoms with Crippen molar-refractivity contribution in [3.05, 3.63) is 58.6 Å². The fourth-order valence-corrected chi connectivity index (χ4v) is 2.25. The van der Waals surface area contributed by atoms with Crippen LogP contribution in [0.3, 0.4) is 0 Å². The van der Waals surface area contributed by atoms with Gasteiger partial charge in [-0.3, -0.25) is 5.43 Å². The average molecular weight is 436 g/mol. The van der Waals surface area contributed by atoms with Crippen molar-refractivity contribution in [1.29, 1.82) is 0 Å². The molecule has 0 heterocycles. The van der Waals surface area contributed by atoms with E-state index in [0.717, 1.165) is 0 Å². The SMILES string of the molecule is CCOC(=O)C(=N\Nc1ccc(Cl)cc1)/C(C)=N/NC(=O)Nc1ccc(Cl)cc1. The van der Waals surface area contributed by atoms with E-state index in [-0.39, 0.29) is 18.0 Å². The predicted molar refractivity (Wildman–Crippen MR) is 116 cm³/mol. The van der Waals surface area contributed by atoms with Crippen molar-refractivity contribution in [3.63, 3.8) is 0 Å². The smallest absolute Gasteiger partial charge is 0.360 e. The molecule has 10 heteroatoms. The maximum Gasteiger partial charge on any atom is 0.360 e. The molecule has 2 aromatic rings. The summed E-state index contributed by atoms with van der Waals surface area (Å²) in [7, 11) is 0. The Bertz CT molecular complexity index is 912. The van der Waals surface area contributed by atoms with Gasteiger partial charge in [-0.05, 0) is 62.4 Å². The topological polar surface area (TPSA) is 104 Å². The van der Waals surface area contributed by atoms with Crippen molar-refractivity contribution in [1.82, 2.24) is 5.43 Å². The molecule has 0 fully saturated rings. The van der Waals surface area contributed by atoms with Crippen LogP contribution in [0.15, 0.2) is 58.7 Å². The van der Waals surface area contributed by atoms with Crippen LogP contribution in [0.5, 0.6) is 0 Å². The molecule has 0 atom stereocenters. The summed E-state index contributed by atoms with van der Waals surface area (Å²) < 4.78 is 4.99. The lowest BCUT2D eigenvalue weighted by atomic mass is 10.2. The third-order valence-electron chi connectivity index (χ3n) is 3.38. The van der Waals surface area contributed by atoms with Gasteiger partial charge in [0, 0.05) is 15.7 Å². The number of carbonyl (C=O) groups is 2. The molecule has 0 aromatic heterocycles. The highest BCUT2D eigenvalue weighted by molar-refractivity contribution is 6.65. The number of ether oxygens (including phenoxy) is 1. The molecule has 29 heavy (non-hydrogen) atoms. The number of benzene rings is 2. The van der Waals surface area contributed by atoms with Gasteiger partial charge in [-0.15, -0.1) is 0 Å². The molecule has 3 N–H and O–H groups in total. The molecule has 2 rings (SSSR count). The number of amides is 2. The summed E-state index contributed by atoms with van der Waals surface area (Å²) in [6.07, 6.45) is 0. The van der Waals surface area contributed by atoms with Crippen LogP contribution in [0.2, 0.25) is 10.0 Å². The number of hydrazone groups is 2. The van der Waals surface area contributed by atoms with E-state index in [0.29, 0.717) is 21.4 Å². The lowest BCUT2D eigenvalue weighted by Gasteiger charge is -2.08. The highest BCUT2D eigenvalue weighted by atomic mass is 35.5. The summed E-state index contributed by atoms with van der Waals surface area (Å²) in [4.78, 5) is 24.2. The van der Waals surface area contributed by atoms with Crippen molar-refractivity contribution in [2.45, 2.75) is 13.8 Å². The molecule has 0 bridgehead atoms. The van der Waals surface area contributed by atoms with Gasteiger partial charge in [0.05, 0.1) is 18.0 Å². The number of rotatable bonds is 7. The summed E-state index contributed by atoms with van der Waals surface area (Å²) in [6.45, 7) is 3.35. The van der Waals surface area contributed by atoms with Crippen LogP contribution in [0, 0.1) is 0 Å². The Kier molecular flexibility index (Phi) is 8.45. The molecule has 2 amide bonds. The van der Waals surface area contributed by atoms with Crippen LogP contribution in [0.25, 0.3) is 0 Å². The third-order valence-corrected chi connectivity index (χ3v) is 3.88. The second-order valence-corrected chi connectivity index (χ2v) is 6.44. The zero-order valence-corrected chi connectivity index (χ0v) is 17.2. The van der Waals surface area contributed by atoms with E-state index < -0.39 is 12.0 Å². The van der Waals surface area contributed by atoms with Crippen LogP contribution in [0.1, 0.15) is 13.8 Å². The van der Waals surface area contributed by atoms with Gasteiger partial charge in [0.25, 0.3) is 0 Å². The maximum atomic E-state index is 12.2. The molecular weight excluding hydrogens is 417 g/mol. The minimum atomic E-state index is -0.685. The number of esters is 1. The Hall–Kier alpha value is -3.10. The van der Waals surface area contributed by atoms with E-state index in [1.807, 2.05) is 0 Å². The monoisotopic (exact) mass is 435 g/mol. The second kappa shape index (κ2) is 11.0. The molecule has 0 aliphatic heterocycles. The number of nitrogens with zero attached hydrogens (tertiary/aromatic N) is 2. The van der Waals surface area contributed by atoms with Crippen molar-refractivity contribution in [2.75, 3.05) is 17.3 Å². The second-order valence-electron chi connectivity index (χ2n) is 5.57. The summed E-state index contributed by atoms with van der Waals surface area (Å²) in [5.74, 6) is -0.685. The summed E-state index contributed by atoms with van der Waals surface area (Å²) in [5.41, 5.74) is 6.23. The molecule has 0 saturated carbocycles. The Morgan fingerprint density at radius 2 is 1.48 bits per heavy atom. The molecule has 152 valence electrons. The first-order valence-corrected chi connectivity index (χ1v) is 9.28. The standard InChI is InChI=1S/C19H19Cl2N5O3/c1-3-29-18(27)17(25-24-16-10-6-14(21)7-11-16)12(2)23-26-19(28)22-15-8-4-13(20)5-9-15/h4-11,24H,3H2,1-2H3,(H2,22,26,28)/b23-12+,25-17-. The van der Waals surface area contributed by atoms with Crippen LogP contribution >= 0.6 is 23.2 Å². The number of halogens is 2. The van der Waals surface area contributed by atoms with Crippen molar-refractivity contribution in [2.24, 2.45) is 10.2 Å². The number of anilines is 2. The quantitative estimate of drug-likeness (QED) is 0.337. The van der Waals surface area contributed by atoms with Crippen LogP contribution in [-0.4, -0.2) is 30.0 Å². The van der Waals surface area contributed by atoms with E-state index in [4.69, 9.17) is 27.9 Å². The van der Waals surface area contributed by atoms with Crippen LogP contribution in [0.4, 0.5) is 16.2 Å². The average Bonchev–Trinajstić information content (AvgIpc) is 2.70. The van der Waals surface area contributed by atoms with E-state index in [2.05, 4.69) is 26.4 Å². The lowest BCUT2D eigenvalue weighted by molar-refractivity contribution is -0.134. The fourth-order valence-electron chi connectivity index (χ4n) is 2.00. The third kappa shape index (κ3) is 7.44. The first-order valence-electron chi connectivity index (χ1n) is 8.52. The Labute approximate surface area is 177 Å². The van der Waals surface area contributed by atoms with Crippen molar-refractivity contribution >= 4 is 58.0 Å². The van der Waals surface area contributed by atoms with Crippen molar-refractivity contribution in [3.8, 4) is 0 Å². The van der Waals surface area contributed by atoms with Gasteiger partial charge >= 0.3 is 12.0 Å². The van der Waals surface area contributed by atoms with Gasteiger partial charge in [0.2, 0.25) is 0 Å². The Balaban J connectivity index is 2.08. The van der Waals surface area contributed by atoms with Crippen molar-refractivity contribution < 1.29 is 14.3 Å². The number of nitrogens with one attached hydrogen (secondary N) is 3. The maximum absolute atomic E-state index is 12.2. The molecule has 0 unspecified atom stereocenters. The number of hydrogen-bond acceptors (Lipinski definition) is 6. The minimum Gasteiger partial charge on any atom is -0.461 e. The van der Waals surface area contributed by atoms with Crippen LogP contribution < -0.4 is 16.2 Å². The van der Waals surface area contributed by atoms with Gasteiger partial charge in [0.15, 0.2) is 5.71 Å². The minimum absolute atomic E-state index is 0.0893. The fraction of sp³-hybridized carbons (Fsp3) is 0.158. The van der Waals surface area contributed by atoms with E-state index in [1.54, 1.807) is 55.5 Å². The van der Waals surface area contributed by atoms with E-state index in [1.165, 1.54) is 6.92 Å². The Morgan fingerprint density at radius 1 is 0.931 bits per heavy atom. The van der Waals surface area contributed by atoms with E-state index >= 15 is 0 Å². The molecular formula is C19H19Cl2N5O3. The largest absolute Gasteiger partial charge is 0.461 e. The molecule has 0 aliphatic rings. The predicted octanol–water partition coefficient (Wildman–Crippen LogP) is 4.52. The highest BCUT2D eigenvalue weighted by Gasteiger charge is 2.17. The molecule has 0 radical (unpaired) electrons. The lowest BCUT2D eigenvalue weighted by Crippen LogP contribution is -2.30. The van der Waals surface area contributed by atoms with Gasteiger partial charge in [-0.2, -0.15) is 10.2 Å². The summed E-state index contributed by atoms with van der Waals surface area (Å²) >= 11 is 11.6. The number of hydrogen-bond donors (Lipinski definition) is 3. The normalized spacial score (nSPS) is 11.6. The summed E-state index contributed by atoms with van der Waals surface area (Å²) in [6, 6.07) is 12.7. The van der Waals surface area contributed by atoms with E-state index in [9.17, 15) is 9.59 Å². The Morgan fingerprint density at radius 3 is 2.03 bits per heavy atom. The highest BCUT2D eigenvalue weighted by Crippen LogP contribution is 2.14. The molecule has 8 nitrogen and oxygen atoms in total. The first kappa shape index (κ1) is 22.2. The molecule has 0 saturated heterocycles. The zero-order chi connectivity index (χ0) is 21.2. The first-order chi connectivity index (χ1) is 13.9. The van der Waals surface area contributed by atoms with Gasteiger partial charge in [-0.1, -0.05) is 23.2 Å². The number of urea groups is 1. The molecule has 0 aliphatic carbocycles. The van der Waals surface area contributed by atoms with Gasteiger partial charge < -0.3 is 10.1 Å². The number of carbonyl (C=O) groups excluding carboxylic acids is 2. The van der Waals surface area contributed by atoms with Gasteiger partial charge in [0.1, 0.15) is 0 Å². The molecule has 0 spiro atoms. The molecule has 2 aromatic carbocycles. The zero-order valence-electron chi connectivity index (χ0n) is 15.7. The van der Waals surface area contributed by atoms with Gasteiger partial charge in [-0.25, -0.2) is 15.0 Å². The van der Waals surface area contributed by atoms with Crippen LogP contribution in [-0.2, 0) is 9.53 Å².